The first-order valence-corrected chi connectivity index (χ1v) is 35.7. The van der Waals surface area contributed by atoms with Gasteiger partial charge in [-0.15, -0.1) is 0 Å². The molecule has 0 N–H and O–H groups in total. The van der Waals surface area contributed by atoms with Crippen molar-refractivity contribution in [3.05, 3.63) is 0 Å². The summed E-state index contributed by atoms with van der Waals surface area (Å²) in [6, 6.07) is 0. The number of thioether (sulfide) groups is 2. The summed E-state index contributed by atoms with van der Waals surface area (Å²) in [4.78, 5) is 26.7. The SMILES string of the molecule is CCCCCCCCCCCCCCC(=S)OCC(COC(=O)CCSCCCCCCCCCCCC)(COC(=O)CCSCCCCCCCCCCCC)COC(=S)CCCCCCCCCCCCCC. The number of hydrogen-bond acceptors (Lipinski definition) is 10. The number of rotatable bonds is 62. The number of carbonyl (C=O) groups excluding carboxylic acids is 2. The Hall–Kier alpha value is -0.580. The number of hydrogen-bond donors (Lipinski definition) is 0. The Kier molecular flexibility index (Phi) is 60.6. The molecule has 6 nitrogen and oxygen atoms in total. The van der Waals surface area contributed by atoms with Gasteiger partial charge in [0.15, 0.2) is 10.1 Å². The van der Waals surface area contributed by atoms with Crippen LogP contribution in [0.1, 0.15) is 336 Å². The smallest absolute Gasteiger partial charge is 0.306 e. The number of esters is 2. The van der Waals surface area contributed by atoms with Crippen molar-refractivity contribution in [3.8, 4) is 0 Å². The van der Waals surface area contributed by atoms with Crippen molar-refractivity contribution in [1.29, 1.82) is 0 Å². The lowest BCUT2D eigenvalue weighted by Gasteiger charge is -2.32. The van der Waals surface area contributed by atoms with Gasteiger partial charge in [0.2, 0.25) is 0 Å². The fourth-order valence-electron chi connectivity index (χ4n) is 9.59. The number of unbranched alkanes of at least 4 members (excludes halogenated alkanes) is 40. The molecule has 0 rings (SSSR count). The van der Waals surface area contributed by atoms with Gasteiger partial charge in [0.1, 0.15) is 31.8 Å². The molecule has 444 valence electrons. The predicted octanol–water partition coefficient (Wildman–Crippen LogP) is 22.0. The average molecular weight is 1130 g/mol. The van der Waals surface area contributed by atoms with Gasteiger partial charge in [-0.05, 0) is 61.6 Å². The molecule has 0 saturated heterocycles. The van der Waals surface area contributed by atoms with Gasteiger partial charge in [-0.2, -0.15) is 23.5 Å². The number of carbonyl (C=O) groups is 2. The van der Waals surface area contributed by atoms with E-state index in [2.05, 4.69) is 27.7 Å². The molecule has 0 aromatic rings. The van der Waals surface area contributed by atoms with Gasteiger partial charge in [0.25, 0.3) is 0 Å². The van der Waals surface area contributed by atoms with Crippen LogP contribution >= 0.6 is 48.0 Å². The maximum atomic E-state index is 13.4. The monoisotopic (exact) mass is 1130 g/mol. The van der Waals surface area contributed by atoms with Crippen molar-refractivity contribution in [3.63, 3.8) is 0 Å². The third-order valence-corrected chi connectivity index (χ3v) is 17.6. The lowest BCUT2D eigenvalue weighted by molar-refractivity contribution is -0.157. The molecule has 0 aromatic heterocycles. The van der Waals surface area contributed by atoms with Crippen LogP contribution < -0.4 is 0 Å². The highest BCUT2D eigenvalue weighted by atomic mass is 32.2. The van der Waals surface area contributed by atoms with Crippen LogP contribution in [0.2, 0.25) is 0 Å². The summed E-state index contributed by atoms with van der Waals surface area (Å²) >= 11 is 15.3. The first kappa shape index (κ1) is 74.4. The Labute approximate surface area is 486 Å². The Morgan fingerprint density at radius 3 is 0.747 bits per heavy atom. The van der Waals surface area contributed by atoms with E-state index in [1.807, 2.05) is 23.5 Å². The summed E-state index contributed by atoms with van der Waals surface area (Å²) in [6.45, 7) is 9.39. The zero-order valence-electron chi connectivity index (χ0n) is 50.2. The second kappa shape index (κ2) is 61.0. The molecule has 0 bridgehead atoms. The minimum absolute atomic E-state index is 0.0121. The second-order valence-corrected chi connectivity index (χ2v) is 25.9. The molecule has 0 atom stereocenters. The first-order valence-electron chi connectivity index (χ1n) is 32.6. The maximum absolute atomic E-state index is 13.4. The van der Waals surface area contributed by atoms with Gasteiger partial charge in [-0.3, -0.25) is 9.59 Å². The summed E-state index contributed by atoms with van der Waals surface area (Å²) < 4.78 is 24.8. The van der Waals surface area contributed by atoms with Crippen molar-refractivity contribution in [1.82, 2.24) is 0 Å². The summed E-state index contributed by atoms with van der Waals surface area (Å²) in [5, 5.41) is 1.10. The molecule has 0 aliphatic rings. The molecule has 0 unspecified atom stereocenters. The van der Waals surface area contributed by atoms with Gasteiger partial charge in [-0.25, -0.2) is 0 Å². The molecule has 0 heterocycles. The van der Waals surface area contributed by atoms with E-state index in [1.54, 1.807) is 0 Å². The molecule has 0 aliphatic carbocycles. The summed E-state index contributed by atoms with van der Waals surface area (Å²) in [5.41, 5.74) is -0.946. The van der Waals surface area contributed by atoms with E-state index in [0.29, 0.717) is 35.8 Å². The molecule has 0 aromatic carbocycles. The van der Waals surface area contributed by atoms with Crippen LogP contribution in [0.25, 0.3) is 0 Å². The van der Waals surface area contributed by atoms with Gasteiger partial charge in [0.05, 0.1) is 12.8 Å². The highest BCUT2D eigenvalue weighted by Crippen LogP contribution is 2.25. The Bertz CT molecular complexity index is 1140. The quantitative estimate of drug-likeness (QED) is 0.0334. The van der Waals surface area contributed by atoms with Crippen molar-refractivity contribution in [2.75, 3.05) is 49.4 Å². The molecule has 0 spiro atoms. The molecule has 0 aliphatic heterocycles. The fourth-order valence-corrected chi connectivity index (χ4v) is 11.8. The normalized spacial score (nSPS) is 11.6. The minimum atomic E-state index is -0.946. The molecular formula is C65H124O6S4. The van der Waals surface area contributed by atoms with Crippen LogP contribution in [0.4, 0.5) is 0 Å². The average Bonchev–Trinajstić information content (AvgIpc) is 3.41. The third-order valence-electron chi connectivity index (χ3n) is 14.8. The zero-order valence-corrected chi connectivity index (χ0v) is 53.4. The highest BCUT2D eigenvalue weighted by molar-refractivity contribution is 7.99. The van der Waals surface area contributed by atoms with Crippen LogP contribution in [0.5, 0.6) is 0 Å². The Morgan fingerprint density at radius 2 is 0.493 bits per heavy atom. The van der Waals surface area contributed by atoms with Gasteiger partial charge >= 0.3 is 11.9 Å². The number of thiocarbonyl (C=S) groups is 2. The standard InChI is InChI=1S/C65H124O6S4/c1-5-9-13-17-21-25-29-31-33-37-41-45-49-63(72)70-59-65(60-71-64(73)50-46-42-38-34-32-30-26-22-18-14-10-6-2,57-68-61(66)51-55-74-53-47-43-39-35-27-23-19-15-11-7-3)58-69-62(67)52-56-75-54-48-44-40-36-28-24-20-16-12-8-4/h5-60H2,1-4H3. The first-order chi connectivity index (χ1) is 36.8. The van der Waals surface area contributed by atoms with E-state index < -0.39 is 5.41 Å². The van der Waals surface area contributed by atoms with Crippen LogP contribution in [0.15, 0.2) is 0 Å². The third kappa shape index (κ3) is 56.5. The van der Waals surface area contributed by atoms with Crippen LogP contribution in [-0.4, -0.2) is 71.5 Å². The van der Waals surface area contributed by atoms with E-state index in [1.165, 1.54) is 257 Å². The van der Waals surface area contributed by atoms with E-state index in [-0.39, 0.29) is 38.4 Å². The summed E-state index contributed by atoms with van der Waals surface area (Å²) in [7, 11) is 0. The summed E-state index contributed by atoms with van der Waals surface area (Å²) in [5.74, 6) is 3.10. The van der Waals surface area contributed by atoms with E-state index >= 15 is 0 Å². The molecule has 10 heteroatoms. The summed E-state index contributed by atoms with van der Waals surface area (Å²) in [6.07, 6.45) is 59.4. The minimum Gasteiger partial charge on any atom is -0.486 e. The van der Waals surface area contributed by atoms with Gasteiger partial charge in [0, 0.05) is 24.3 Å². The van der Waals surface area contributed by atoms with E-state index in [4.69, 9.17) is 43.4 Å². The van der Waals surface area contributed by atoms with Crippen molar-refractivity contribution < 1.29 is 28.5 Å². The maximum Gasteiger partial charge on any atom is 0.306 e. The predicted molar refractivity (Wildman–Crippen MR) is 340 cm³/mol. The Morgan fingerprint density at radius 1 is 0.280 bits per heavy atom. The van der Waals surface area contributed by atoms with Crippen LogP contribution in [-0.2, 0) is 28.5 Å². The molecule has 75 heavy (non-hydrogen) atoms. The van der Waals surface area contributed by atoms with Gasteiger partial charge < -0.3 is 18.9 Å². The molecule has 0 amide bonds. The number of ether oxygens (including phenoxy) is 4. The molecular weight excluding hydrogens is 1000 g/mol. The molecule has 0 saturated carbocycles. The largest absolute Gasteiger partial charge is 0.486 e. The molecule has 0 fully saturated rings. The fraction of sp³-hybridized carbons (Fsp3) is 0.938. The van der Waals surface area contributed by atoms with Crippen molar-refractivity contribution in [2.24, 2.45) is 5.41 Å². The van der Waals surface area contributed by atoms with Crippen molar-refractivity contribution >= 4 is 70.0 Å². The second-order valence-electron chi connectivity index (χ2n) is 22.5. The topological polar surface area (TPSA) is 71.1 Å². The Balaban J connectivity index is 5.42. The van der Waals surface area contributed by atoms with Gasteiger partial charge in [-0.1, -0.05) is 285 Å². The molecule has 0 radical (unpaired) electrons. The van der Waals surface area contributed by atoms with Crippen LogP contribution in [0, 0.1) is 5.41 Å². The lowest BCUT2D eigenvalue weighted by atomic mass is 9.92. The highest BCUT2D eigenvalue weighted by Gasteiger charge is 2.37. The van der Waals surface area contributed by atoms with E-state index in [0.717, 1.165) is 48.7 Å². The zero-order chi connectivity index (χ0) is 54.7. The van der Waals surface area contributed by atoms with Crippen molar-refractivity contribution in [2.45, 2.75) is 336 Å². The lowest BCUT2D eigenvalue weighted by Crippen LogP contribution is -2.43. The van der Waals surface area contributed by atoms with E-state index in [9.17, 15) is 9.59 Å². The van der Waals surface area contributed by atoms with Crippen LogP contribution in [0.3, 0.4) is 0 Å².